The molecule has 158 valence electrons. The van der Waals surface area contributed by atoms with Crippen molar-refractivity contribution in [3.63, 3.8) is 0 Å². The molecule has 0 bridgehead atoms. The Morgan fingerprint density at radius 3 is 2.83 bits per heavy atom. The molecule has 0 radical (unpaired) electrons. The molecule has 2 rings (SSSR count). The summed E-state index contributed by atoms with van der Waals surface area (Å²) in [7, 11) is 1.58. The van der Waals surface area contributed by atoms with Gasteiger partial charge in [0.25, 0.3) is 0 Å². The number of aliphatic imine (C=N–C) groups is 1. The number of nitrogens with zero attached hydrogens (tertiary/aromatic N) is 1. The molecule has 3 N–H and O–H groups in total. The number of anilines is 1. The normalized spacial score (nSPS) is 23.6. The summed E-state index contributed by atoms with van der Waals surface area (Å²) < 4.78 is 39.8. The summed E-state index contributed by atoms with van der Waals surface area (Å²) >= 11 is 0. The number of hydrogen-bond donors (Lipinski definition) is 2. The number of rotatable bonds is 7. The van der Waals surface area contributed by atoms with Crippen LogP contribution < -0.4 is 11.1 Å². The fraction of sp³-hybridized carbons (Fsp3) is 0.409. The van der Waals surface area contributed by atoms with Crippen LogP contribution in [0.1, 0.15) is 39.7 Å². The Labute approximate surface area is 171 Å². The average molecular weight is 405 g/mol. The van der Waals surface area contributed by atoms with E-state index in [0.717, 1.165) is 17.7 Å². The largest absolute Gasteiger partial charge is 0.495 e. The quantitative estimate of drug-likeness (QED) is 0.499. The van der Waals surface area contributed by atoms with E-state index in [4.69, 9.17) is 15.2 Å². The summed E-state index contributed by atoms with van der Waals surface area (Å²) in [6.45, 7) is 7.26. The number of nitrogens with two attached hydrogens (primary N) is 1. The highest BCUT2D eigenvalue weighted by atomic mass is 19.1. The van der Waals surface area contributed by atoms with Crippen LogP contribution in [-0.4, -0.2) is 25.9 Å². The first-order chi connectivity index (χ1) is 13.8. The maximum Gasteiger partial charge on any atom is 0.228 e. The smallest absolute Gasteiger partial charge is 0.228 e. The fourth-order valence-electron chi connectivity index (χ4n) is 3.01. The van der Waals surface area contributed by atoms with E-state index >= 15 is 0 Å². The SMILES string of the molecule is C\C=C/C=C(OC)\C(Nc1ccc(F)c(C2(C)N=C(N)COC2F)c1)=C(/C)CC. The van der Waals surface area contributed by atoms with Crippen molar-refractivity contribution < 1.29 is 18.3 Å². The van der Waals surface area contributed by atoms with Crippen LogP contribution in [0.15, 0.2) is 58.4 Å². The maximum atomic E-state index is 14.6. The van der Waals surface area contributed by atoms with E-state index in [0.29, 0.717) is 11.4 Å². The van der Waals surface area contributed by atoms with Gasteiger partial charge in [-0.25, -0.2) is 8.78 Å². The van der Waals surface area contributed by atoms with Gasteiger partial charge in [-0.3, -0.25) is 4.99 Å². The number of ether oxygens (including phenoxy) is 2. The lowest BCUT2D eigenvalue weighted by atomic mass is 9.90. The predicted molar refractivity (Wildman–Crippen MR) is 113 cm³/mol. The molecule has 2 atom stereocenters. The minimum Gasteiger partial charge on any atom is -0.495 e. The lowest BCUT2D eigenvalue weighted by Crippen LogP contribution is -2.43. The van der Waals surface area contributed by atoms with Crippen molar-refractivity contribution in [2.24, 2.45) is 10.7 Å². The highest BCUT2D eigenvalue weighted by molar-refractivity contribution is 5.82. The van der Waals surface area contributed by atoms with Crippen LogP contribution in [0.2, 0.25) is 0 Å². The van der Waals surface area contributed by atoms with Crippen molar-refractivity contribution >= 4 is 11.5 Å². The van der Waals surface area contributed by atoms with E-state index in [1.807, 2.05) is 39.0 Å². The third-order valence-corrected chi connectivity index (χ3v) is 4.84. The lowest BCUT2D eigenvalue weighted by molar-refractivity contribution is -0.0805. The van der Waals surface area contributed by atoms with E-state index in [-0.39, 0.29) is 18.0 Å². The number of allylic oxidation sites excluding steroid dienone is 4. The van der Waals surface area contributed by atoms with Gasteiger partial charge in [0, 0.05) is 11.3 Å². The third-order valence-electron chi connectivity index (χ3n) is 4.84. The summed E-state index contributed by atoms with van der Waals surface area (Å²) in [6, 6.07) is 4.38. The minimum absolute atomic E-state index is 0.0579. The van der Waals surface area contributed by atoms with Crippen LogP contribution in [0.3, 0.4) is 0 Å². The van der Waals surface area contributed by atoms with Gasteiger partial charge >= 0.3 is 0 Å². The molecule has 29 heavy (non-hydrogen) atoms. The zero-order valence-electron chi connectivity index (χ0n) is 17.6. The van der Waals surface area contributed by atoms with E-state index in [1.54, 1.807) is 13.2 Å². The number of halogens is 2. The molecule has 7 heteroatoms. The monoisotopic (exact) mass is 405 g/mol. The van der Waals surface area contributed by atoms with Crippen molar-refractivity contribution in [1.82, 2.24) is 0 Å². The number of benzene rings is 1. The molecule has 1 aromatic carbocycles. The number of hydrogen-bond acceptors (Lipinski definition) is 5. The Bertz CT molecular complexity index is 862. The van der Waals surface area contributed by atoms with Gasteiger partial charge in [-0.1, -0.05) is 19.1 Å². The van der Waals surface area contributed by atoms with Crippen molar-refractivity contribution in [3.05, 3.63) is 64.8 Å². The molecular weight excluding hydrogens is 376 g/mol. The Balaban J connectivity index is 2.51. The average Bonchev–Trinajstić information content (AvgIpc) is 2.71. The predicted octanol–water partition coefficient (Wildman–Crippen LogP) is 4.93. The summed E-state index contributed by atoms with van der Waals surface area (Å²) in [5, 5.41) is 3.28. The van der Waals surface area contributed by atoms with Crippen LogP contribution in [-0.2, 0) is 15.0 Å². The van der Waals surface area contributed by atoms with Gasteiger partial charge in [0.2, 0.25) is 6.36 Å². The number of amidine groups is 1. The van der Waals surface area contributed by atoms with E-state index < -0.39 is 17.7 Å². The molecule has 1 aliphatic heterocycles. The van der Waals surface area contributed by atoms with Gasteiger partial charge in [-0.15, -0.1) is 0 Å². The molecule has 1 aliphatic rings. The first-order valence-corrected chi connectivity index (χ1v) is 9.50. The van der Waals surface area contributed by atoms with Gasteiger partial charge in [-0.2, -0.15) is 0 Å². The Hall–Kier alpha value is -2.67. The topological polar surface area (TPSA) is 68.9 Å². The molecule has 5 nitrogen and oxygen atoms in total. The number of alkyl halides is 1. The summed E-state index contributed by atoms with van der Waals surface area (Å²) in [5.74, 6) is 0.167. The van der Waals surface area contributed by atoms with Gasteiger partial charge in [0.05, 0.1) is 12.8 Å². The van der Waals surface area contributed by atoms with Crippen molar-refractivity contribution in [3.8, 4) is 0 Å². The maximum absolute atomic E-state index is 14.6. The molecule has 2 unspecified atom stereocenters. The van der Waals surface area contributed by atoms with Crippen LogP contribution >= 0.6 is 0 Å². The second-order valence-electron chi connectivity index (χ2n) is 6.97. The summed E-state index contributed by atoms with van der Waals surface area (Å²) in [6.07, 6.45) is 4.57. The first kappa shape index (κ1) is 22.6. The Morgan fingerprint density at radius 1 is 1.48 bits per heavy atom. The highest BCUT2D eigenvalue weighted by Crippen LogP contribution is 2.37. The van der Waals surface area contributed by atoms with Crippen molar-refractivity contribution in [2.45, 2.75) is 46.0 Å². The zero-order chi connectivity index (χ0) is 21.6. The number of methoxy groups -OCH3 is 1. The molecule has 0 spiro atoms. The standard InChI is InChI=1S/C22H29F2N3O2/c1-6-8-9-18(28-5)20(14(3)7-2)26-15-10-11-17(23)16(12-15)22(4)21(24)29-13-19(25)27-22/h6,8-12,21,26H,7,13H2,1-5H3,(H2,25,27)/b8-6-,18-9+,20-14-. The molecular formula is C22H29F2N3O2. The molecule has 0 saturated carbocycles. The molecule has 0 saturated heterocycles. The second-order valence-corrected chi connectivity index (χ2v) is 6.97. The molecule has 0 fully saturated rings. The van der Waals surface area contributed by atoms with Gasteiger partial charge in [-0.05, 0) is 57.0 Å². The third kappa shape index (κ3) is 5.03. The van der Waals surface area contributed by atoms with Crippen LogP contribution in [0, 0.1) is 5.82 Å². The highest BCUT2D eigenvalue weighted by Gasteiger charge is 2.42. The minimum atomic E-state index is -1.81. The van der Waals surface area contributed by atoms with Crippen molar-refractivity contribution in [2.75, 3.05) is 19.0 Å². The summed E-state index contributed by atoms with van der Waals surface area (Å²) in [4.78, 5) is 4.16. The van der Waals surface area contributed by atoms with Gasteiger partial charge in [0.15, 0.2) is 0 Å². The van der Waals surface area contributed by atoms with Crippen molar-refractivity contribution in [1.29, 1.82) is 0 Å². The fourth-order valence-corrected chi connectivity index (χ4v) is 3.01. The molecule has 0 aliphatic carbocycles. The van der Waals surface area contributed by atoms with Crippen LogP contribution in [0.5, 0.6) is 0 Å². The molecule has 0 amide bonds. The first-order valence-electron chi connectivity index (χ1n) is 9.50. The molecule has 1 aromatic rings. The van der Waals surface area contributed by atoms with Crippen LogP contribution in [0.25, 0.3) is 0 Å². The van der Waals surface area contributed by atoms with Crippen LogP contribution in [0.4, 0.5) is 14.5 Å². The van der Waals surface area contributed by atoms with Gasteiger partial charge < -0.3 is 20.5 Å². The summed E-state index contributed by atoms with van der Waals surface area (Å²) in [5.41, 5.74) is 6.59. The Morgan fingerprint density at radius 2 is 2.21 bits per heavy atom. The lowest BCUT2D eigenvalue weighted by Gasteiger charge is -2.33. The van der Waals surface area contributed by atoms with E-state index in [2.05, 4.69) is 10.3 Å². The zero-order valence-corrected chi connectivity index (χ0v) is 17.6. The molecule has 0 aromatic heterocycles. The second kappa shape index (κ2) is 9.69. The van der Waals surface area contributed by atoms with E-state index in [9.17, 15) is 8.78 Å². The van der Waals surface area contributed by atoms with E-state index in [1.165, 1.54) is 19.1 Å². The molecule has 1 heterocycles. The van der Waals surface area contributed by atoms with Gasteiger partial charge in [0.1, 0.15) is 29.6 Å². The Kier molecular flexibility index (Phi) is 7.56. The number of nitrogens with one attached hydrogen (secondary N) is 1.